The average Bonchev–Trinajstić information content (AvgIpc) is 3.81. The quantitative estimate of drug-likeness (QED) is 0.155. The van der Waals surface area contributed by atoms with Gasteiger partial charge in [0, 0.05) is 36.5 Å². The summed E-state index contributed by atoms with van der Waals surface area (Å²) in [7, 11) is 0. The Kier molecular flexibility index (Phi) is 9.11. The van der Waals surface area contributed by atoms with E-state index in [4.69, 9.17) is 9.97 Å². The van der Waals surface area contributed by atoms with Crippen LogP contribution in [0, 0.1) is 0 Å². The van der Waals surface area contributed by atoms with Gasteiger partial charge >= 0.3 is 0 Å². The molecule has 14 aromatic rings. The zero-order valence-electron chi connectivity index (χ0n) is 37.4. The average molecular weight is 893 g/mol. The number of aromatic nitrogens is 2. The van der Waals surface area contributed by atoms with Gasteiger partial charge in [-0.3, -0.25) is 4.98 Å². The van der Waals surface area contributed by atoms with Crippen molar-refractivity contribution in [1.29, 1.82) is 0 Å². The van der Waals surface area contributed by atoms with Gasteiger partial charge in [0.2, 0.25) is 0 Å². The van der Waals surface area contributed by atoms with Gasteiger partial charge in [-0.25, -0.2) is 4.98 Å². The standard InChI is InChI=1S/C66H40N2S/c1-3-23-51-41(13-1)15-10-26-53(51)48-31-33-56-57-34-32-49(54-27-11-16-42-14-2-4-24-52(42)54)39-61(57)65-64(60(56)38-48)67-40-62(68-65)50-22-9-20-46(37-50)44-18-7-17-43(35-44)45-19-8-21-47(36-45)55-28-12-29-59-58-25-5-6-30-63(58)69-66(55)59/h1-40H. The van der Waals surface area contributed by atoms with Crippen LogP contribution in [-0.4, -0.2) is 9.97 Å². The van der Waals surface area contributed by atoms with E-state index in [0.717, 1.165) is 66.1 Å². The molecule has 2 aromatic heterocycles. The van der Waals surface area contributed by atoms with Gasteiger partial charge in [-0.15, -0.1) is 11.3 Å². The molecule has 2 heterocycles. The molecule has 0 saturated carbocycles. The first kappa shape index (κ1) is 39.4. The topological polar surface area (TPSA) is 25.8 Å². The van der Waals surface area contributed by atoms with Gasteiger partial charge in [0.25, 0.3) is 0 Å². The Morgan fingerprint density at radius 3 is 1.38 bits per heavy atom. The van der Waals surface area contributed by atoms with Crippen LogP contribution < -0.4 is 0 Å². The second-order valence-corrected chi connectivity index (χ2v) is 19.1. The van der Waals surface area contributed by atoms with E-state index >= 15 is 0 Å². The van der Waals surface area contributed by atoms with Crippen molar-refractivity contribution in [3.63, 3.8) is 0 Å². The summed E-state index contributed by atoms with van der Waals surface area (Å²) in [5.74, 6) is 0. The lowest BCUT2D eigenvalue weighted by atomic mass is 9.91. The molecule has 14 rings (SSSR count). The van der Waals surface area contributed by atoms with Crippen molar-refractivity contribution >= 4 is 85.6 Å². The molecule has 0 amide bonds. The predicted molar refractivity (Wildman–Crippen MR) is 295 cm³/mol. The number of nitrogens with zero attached hydrogens (tertiary/aromatic N) is 2. The first-order chi connectivity index (χ1) is 34.2. The first-order valence-corrected chi connectivity index (χ1v) is 24.3. The molecule has 0 unspecified atom stereocenters. The summed E-state index contributed by atoms with van der Waals surface area (Å²) in [6, 6.07) is 86.2. The number of thiophene rings is 1. The van der Waals surface area contributed by atoms with E-state index in [-0.39, 0.29) is 0 Å². The molecule has 0 radical (unpaired) electrons. The zero-order valence-corrected chi connectivity index (χ0v) is 38.2. The lowest BCUT2D eigenvalue weighted by Gasteiger charge is -2.15. The van der Waals surface area contributed by atoms with Crippen molar-refractivity contribution in [3.8, 4) is 66.9 Å². The van der Waals surface area contributed by atoms with Crippen LogP contribution >= 0.6 is 11.3 Å². The fourth-order valence-corrected chi connectivity index (χ4v) is 12.0. The molecule has 12 aromatic carbocycles. The summed E-state index contributed by atoms with van der Waals surface area (Å²) in [4.78, 5) is 10.9. The summed E-state index contributed by atoms with van der Waals surface area (Å²) in [5.41, 5.74) is 15.5. The second-order valence-electron chi connectivity index (χ2n) is 18.0. The van der Waals surface area contributed by atoms with Gasteiger partial charge < -0.3 is 0 Å². The lowest BCUT2D eigenvalue weighted by Crippen LogP contribution is -1.94. The Hall–Kier alpha value is -8.76. The third kappa shape index (κ3) is 6.62. The van der Waals surface area contributed by atoms with Crippen LogP contribution in [0.5, 0.6) is 0 Å². The highest BCUT2D eigenvalue weighted by atomic mass is 32.1. The van der Waals surface area contributed by atoms with E-state index in [2.05, 4.69) is 237 Å². The van der Waals surface area contributed by atoms with E-state index < -0.39 is 0 Å². The van der Waals surface area contributed by atoms with Crippen molar-refractivity contribution in [2.24, 2.45) is 0 Å². The van der Waals surface area contributed by atoms with Crippen LogP contribution in [0.4, 0.5) is 0 Å². The van der Waals surface area contributed by atoms with E-state index in [1.54, 1.807) is 0 Å². The second kappa shape index (κ2) is 16.0. The van der Waals surface area contributed by atoms with Gasteiger partial charge in [0.05, 0.1) is 22.9 Å². The lowest BCUT2D eigenvalue weighted by molar-refractivity contribution is 1.31. The number of hydrogen-bond donors (Lipinski definition) is 0. The Bertz CT molecular complexity index is 4380. The molecular formula is C66H40N2S. The minimum atomic E-state index is 0.838. The van der Waals surface area contributed by atoms with Crippen molar-refractivity contribution in [1.82, 2.24) is 9.97 Å². The van der Waals surface area contributed by atoms with Crippen molar-refractivity contribution in [2.45, 2.75) is 0 Å². The monoisotopic (exact) mass is 892 g/mol. The Balaban J connectivity index is 0.892. The highest BCUT2D eigenvalue weighted by Crippen LogP contribution is 2.43. The summed E-state index contributed by atoms with van der Waals surface area (Å²) in [6.45, 7) is 0. The van der Waals surface area contributed by atoms with E-state index in [1.165, 1.54) is 75.1 Å². The van der Waals surface area contributed by atoms with Crippen LogP contribution in [0.3, 0.4) is 0 Å². The molecule has 0 N–H and O–H groups in total. The fourth-order valence-electron chi connectivity index (χ4n) is 10.7. The highest BCUT2D eigenvalue weighted by molar-refractivity contribution is 7.26. The van der Waals surface area contributed by atoms with Crippen LogP contribution in [0.2, 0.25) is 0 Å². The van der Waals surface area contributed by atoms with Gasteiger partial charge in [0.1, 0.15) is 0 Å². The molecular weight excluding hydrogens is 853 g/mol. The number of hydrogen-bond acceptors (Lipinski definition) is 3. The molecule has 0 spiro atoms. The van der Waals surface area contributed by atoms with Gasteiger partial charge in [-0.1, -0.05) is 200 Å². The molecule has 0 fully saturated rings. The zero-order chi connectivity index (χ0) is 45.4. The summed E-state index contributed by atoms with van der Waals surface area (Å²) < 4.78 is 2.65. The first-order valence-electron chi connectivity index (χ1n) is 23.5. The number of fused-ring (bicyclic) bond motifs is 11. The van der Waals surface area contributed by atoms with Crippen molar-refractivity contribution in [2.75, 3.05) is 0 Å². The predicted octanol–water partition coefficient (Wildman–Crippen LogP) is 18.6. The summed E-state index contributed by atoms with van der Waals surface area (Å²) in [5, 5.41) is 12.1. The summed E-state index contributed by atoms with van der Waals surface area (Å²) >= 11 is 1.88. The maximum Gasteiger partial charge on any atom is 0.0979 e. The molecule has 3 heteroatoms. The maximum absolute atomic E-state index is 5.59. The van der Waals surface area contributed by atoms with Crippen LogP contribution in [0.1, 0.15) is 0 Å². The Labute approximate surface area is 403 Å². The molecule has 0 atom stereocenters. The molecule has 2 nitrogen and oxygen atoms in total. The highest BCUT2D eigenvalue weighted by Gasteiger charge is 2.17. The van der Waals surface area contributed by atoms with Crippen molar-refractivity contribution < 1.29 is 0 Å². The Morgan fingerprint density at radius 2 is 0.725 bits per heavy atom. The van der Waals surface area contributed by atoms with E-state index in [9.17, 15) is 0 Å². The maximum atomic E-state index is 5.59. The molecule has 0 aliphatic carbocycles. The third-order valence-corrected chi connectivity index (χ3v) is 15.3. The number of rotatable bonds is 6. The molecule has 320 valence electrons. The van der Waals surface area contributed by atoms with Gasteiger partial charge in [-0.05, 0) is 124 Å². The molecule has 0 aliphatic heterocycles. The smallest absolute Gasteiger partial charge is 0.0979 e. The largest absolute Gasteiger partial charge is 0.252 e. The molecule has 0 bridgehead atoms. The van der Waals surface area contributed by atoms with E-state index in [0.29, 0.717) is 0 Å². The summed E-state index contributed by atoms with van der Waals surface area (Å²) in [6.07, 6.45) is 1.96. The van der Waals surface area contributed by atoms with Crippen LogP contribution in [0.25, 0.3) is 141 Å². The fraction of sp³-hybridized carbons (Fsp3) is 0. The molecule has 0 saturated heterocycles. The molecule has 0 aliphatic rings. The molecule has 69 heavy (non-hydrogen) atoms. The van der Waals surface area contributed by atoms with Gasteiger partial charge in [0.15, 0.2) is 0 Å². The minimum absolute atomic E-state index is 0.838. The number of benzene rings is 12. The normalized spacial score (nSPS) is 11.8. The minimum Gasteiger partial charge on any atom is -0.252 e. The third-order valence-electron chi connectivity index (χ3n) is 14.1. The Morgan fingerprint density at radius 1 is 0.275 bits per heavy atom. The SMILES string of the molecule is c1cc(-c2cccc(-c3cnc4c5cc(-c6cccc7ccccc67)ccc5c5ccc(-c6cccc7ccccc67)cc5c4n3)c2)cc(-c2cccc(-c3cccc4c3sc3ccccc34)c2)c1. The van der Waals surface area contributed by atoms with Crippen LogP contribution in [0.15, 0.2) is 243 Å². The van der Waals surface area contributed by atoms with Crippen LogP contribution in [-0.2, 0) is 0 Å². The van der Waals surface area contributed by atoms with E-state index in [1.807, 2.05) is 17.5 Å². The van der Waals surface area contributed by atoms with Gasteiger partial charge in [-0.2, -0.15) is 0 Å². The van der Waals surface area contributed by atoms with Crippen molar-refractivity contribution in [3.05, 3.63) is 243 Å².